The van der Waals surface area contributed by atoms with Gasteiger partial charge in [-0.25, -0.2) is 9.18 Å². The van der Waals surface area contributed by atoms with Gasteiger partial charge < -0.3 is 9.47 Å². The normalized spacial score (nSPS) is 11.9. The first-order valence-corrected chi connectivity index (χ1v) is 5.28. The van der Waals surface area contributed by atoms with Gasteiger partial charge >= 0.3 is 5.97 Å². The van der Waals surface area contributed by atoms with E-state index in [4.69, 9.17) is 9.47 Å². The van der Waals surface area contributed by atoms with Crippen LogP contribution >= 0.6 is 15.9 Å². The summed E-state index contributed by atoms with van der Waals surface area (Å²) < 4.78 is 22.4. The van der Waals surface area contributed by atoms with Crippen molar-refractivity contribution >= 4 is 21.9 Å². The van der Waals surface area contributed by atoms with Crippen molar-refractivity contribution in [3.05, 3.63) is 30.1 Å². The van der Waals surface area contributed by atoms with Crippen molar-refractivity contribution in [1.82, 2.24) is 0 Å². The van der Waals surface area contributed by atoms with Crippen molar-refractivity contribution in [1.29, 1.82) is 0 Å². The second kappa shape index (κ2) is 5.70. The van der Waals surface area contributed by atoms with Crippen molar-refractivity contribution in [2.24, 2.45) is 0 Å². The quantitative estimate of drug-likeness (QED) is 0.626. The zero-order chi connectivity index (χ0) is 11.3. The van der Waals surface area contributed by atoms with Crippen LogP contribution in [0.15, 0.2) is 24.3 Å². The van der Waals surface area contributed by atoms with E-state index in [-0.39, 0.29) is 12.4 Å². The van der Waals surface area contributed by atoms with Crippen LogP contribution in [0.25, 0.3) is 0 Å². The molecule has 0 spiro atoms. The fourth-order valence-corrected chi connectivity index (χ4v) is 1.24. The van der Waals surface area contributed by atoms with Crippen molar-refractivity contribution in [3.8, 4) is 5.75 Å². The second-order valence-corrected chi connectivity index (χ2v) is 3.47. The van der Waals surface area contributed by atoms with E-state index in [0.717, 1.165) is 0 Å². The molecule has 1 aromatic rings. The molecule has 1 aromatic carbocycles. The Morgan fingerprint density at radius 1 is 1.47 bits per heavy atom. The molecule has 82 valence electrons. The molecule has 0 saturated carbocycles. The third kappa shape index (κ3) is 3.87. The number of rotatable bonds is 4. The molecule has 0 heterocycles. The maximum atomic E-state index is 12.5. The monoisotopic (exact) mass is 276 g/mol. The Balaban J connectivity index is 2.54. The second-order valence-electron chi connectivity index (χ2n) is 2.64. The van der Waals surface area contributed by atoms with Crippen LogP contribution in [-0.2, 0) is 9.53 Å². The van der Waals surface area contributed by atoms with E-state index in [9.17, 15) is 9.18 Å². The molecule has 1 unspecified atom stereocenters. The lowest BCUT2D eigenvalue weighted by Gasteiger charge is -2.11. The van der Waals surface area contributed by atoms with Crippen LogP contribution in [-0.4, -0.2) is 17.6 Å². The molecule has 0 saturated heterocycles. The third-order valence-electron chi connectivity index (χ3n) is 1.53. The minimum absolute atomic E-state index is 0.285. The lowest BCUT2D eigenvalue weighted by atomic mass is 10.3. The van der Waals surface area contributed by atoms with Gasteiger partial charge in [-0.1, -0.05) is 0 Å². The molecule has 0 aliphatic carbocycles. The van der Waals surface area contributed by atoms with Crippen molar-refractivity contribution < 1.29 is 18.7 Å². The Morgan fingerprint density at radius 3 is 2.60 bits per heavy atom. The third-order valence-corrected chi connectivity index (χ3v) is 2.09. The molecule has 0 amide bonds. The largest absolute Gasteiger partial charge is 0.467 e. The molecule has 0 N–H and O–H groups in total. The summed E-state index contributed by atoms with van der Waals surface area (Å²) in [6.45, 7) is 1.99. The first-order chi connectivity index (χ1) is 7.13. The summed E-state index contributed by atoms with van der Waals surface area (Å²) in [5.74, 6) is -0.474. The van der Waals surface area contributed by atoms with Gasteiger partial charge in [-0.15, -0.1) is 0 Å². The molecule has 3 nitrogen and oxygen atoms in total. The number of ether oxygens (including phenoxy) is 2. The van der Waals surface area contributed by atoms with Gasteiger partial charge in [-0.05, 0) is 47.1 Å². The first kappa shape index (κ1) is 12.0. The van der Waals surface area contributed by atoms with E-state index in [1.165, 1.54) is 24.3 Å². The van der Waals surface area contributed by atoms with Crippen LogP contribution in [0.3, 0.4) is 0 Å². The van der Waals surface area contributed by atoms with Crippen LogP contribution in [0.5, 0.6) is 5.75 Å². The number of hydrogen-bond acceptors (Lipinski definition) is 3. The number of carbonyl (C=O) groups excluding carboxylic acids is 1. The molecule has 0 radical (unpaired) electrons. The van der Waals surface area contributed by atoms with Gasteiger partial charge in [0.15, 0.2) is 0 Å². The molecular weight excluding hydrogens is 267 g/mol. The van der Waals surface area contributed by atoms with E-state index >= 15 is 0 Å². The van der Waals surface area contributed by atoms with Crippen LogP contribution in [0.1, 0.15) is 6.92 Å². The van der Waals surface area contributed by atoms with E-state index in [1.54, 1.807) is 6.92 Å². The van der Waals surface area contributed by atoms with Gasteiger partial charge in [0.2, 0.25) is 5.01 Å². The minimum Gasteiger partial charge on any atom is -0.467 e. The Labute approximate surface area is 95.3 Å². The van der Waals surface area contributed by atoms with Gasteiger partial charge in [0.1, 0.15) is 11.6 Å². The number of halogens is 2. The Hall–Kier alpha value is -1.10. The first-order valence-electron chi connectivity index (χ1n) is 4.36. The topological polar surface area (TPSA) is 35.5 Å². The molecule has 1 rings (SSSR count). The summed E-state index contributed by atoms with van der Waals surface area (Å²) in [6.07, 6.45) is 0. The Bertz CT molecular complexity index is 326. The standard InChI is InChI=1S/C10H10BrFO3/c1-2-14-10(13)9(11)15-8-5-3-7(12)4-6-8/h3-6,9H,2H2,1H3. The number of alkyl halides is 1. The van der Waals surface area contributed by atoms with Gasteiger partial charge in [-0.3, -0.25) is 0 Å². The summed E-state index contributed by atoms with van der Waals surface area (Å²) in [5, 5.41) is -0.872. The SMILES string of the molecule is CCOC(=O)C(Br)Oc1ccc(F)cc1. The molecule has 0 bridgehead atoms. The number of hydrogen-bond donors (Lipinski definition) is 0. The fraction of sp³-hybridized carbons (Fsp3) is 0.300. The van der Waals surface area contributed by atoms with Crippen LogP contribution in [0, 0.1) is 5.82 Å². The summed E-state index contributed by atoms with van der Waals surface area (Å²) in [4.78, 5) is 11.1. The van der Waals surface area contributed by atoms with Gasteiger partial charge in [0.05, 0.1) is 6.61 Å². The summed E-state index contributed by atoms with van der Waals surface area (Å²) in [7, 11) is 0. The predicted octanol–water partition coefficient (Wildman–Crippen LogP) is 2.49. The van der Waals surface area contributed by atoms with Crippen molar-refractivity contribution in [2.75, 3.05) is 6.61 Å². The predicted molar refractivity (Wildman–Crippen MR) is 56.4 cm³/mol. The maximum Gasteiger partial charge on any atom is 0.358 e. The summed E-state index contributed by atoms with van der Waals surface area (Å²) in [5.41, 5.74) is 0. The van der Waals surface area contributed by atoms with Gasteiger partial charge in [0, 0.05) is 0 Å². The molecule has 0 aliphatic heterocycles. The molecular formula is C10H10BrFO3. The van der Waals surface area contributed by atoms with E-state index in [2.05, 4.69) is 15.9 Å². The lowest BCUT2D eigenvalue weighted by Crippen LogP contribution is -2.23. The summed E-state index contributed by atoms with van der Waals surface area (Å²) >= 11 is 3.01. The number of carbonyl (C=O) groups is 1. The molecule has 1 atom stereocenters. The lowest BCUT2D eigenvalue weighted by molar-refractivity contribution is -0.146. The Morgan fingerprint density at radius 2 is 2.07 bits per heavy atom. The average molecular weight is 277 g/mol. The van der Waals surface area contributed by atoms with E-state index in [0.29, 0.717) is 5.75 Å². The van der Waals surface area contributed by atoms with E-state index in [1.807, 2.05) is 0 Å². The highest BCUT2D eigenvalue weighted by Gasteiger charge is 2.17. The minimum atomic E-state index is -0.872. The zero-order valence-corrected chi connectivity index (χ0v) is 9.66. The van der Waals surface area contributed by atoms with Crippen LogP contribution in [0.2, 0.25) is 0 Å². The highest BCUT2D eigenvalue weighted by atomic mass is 79.9. The molecule has 0 fully saturated rings. The van der Waals surface area contributed by atoms with Crippen molar-refractivity contribution in [2.45, 2.75) is 11.9 Å². The number of esters is 1. The zero-order valence-electron chi connectivity index (χ0n) is 8.07. The van der Waals surface area contributed by atoms with Crippen LogP contribution < -0.4 is 4.74 Å². The van der Waals surface area contributed by atoms with E-state index < -0.39 is 11.0 Å². The van der Waals surface area contributed by atoms with Crippen LogP contribution in [0.4, 0.5) is 4.39 Å². The molecule has 0 aliphatic rings. The maximum absolute atomic E-state index is 12.5. The smallest absolute Gasteiger partial charge is 0.358 e. The Kier molecular flexibility index (Phi) is 4.55. The fourth-order valence-electron chi connectivity index (χ4n) is 0.889. The highest BCUT2D eigenvalue weighted by Crippen LogP contribution is 2.16. The summed E-state index contributed by atoms with van der Waals surface area (Å²) in [6, 6.07) is 5.37. The molecule has 15 heavy (non-hydrogen) atoms. The molecule has 0 aromatic heterocycles. The van der Waals surface area contributed by atoms with Gasteiger partial charge in [0.25, 0.3) is 0 Å². The average Bonchev–Trinajstić information content (AvgIpc) is 2.22. The highest BCUT2D eigenvalue weighted by molar-refractivity contribution is 9.09. The van der Waals surface area contributed by atoms with Gasteiger partial charge in [-0.2, -0.15) is 0 Å². The number of benzene rings is 1. The molecule has 5 heteroatoms. The van der Waals surface area contributed by atoms with Crippen molar-refractivity contribution in [3.63, 3.8) is 0 Å².